The van der Waals surface area contributed by atoms with Crippen LogP contribution in [0.2, 0.25) is 0 Å². The van der Waals surface area contributed by atoms with Gasteiger partial charge in [-0.25, -0.2) is 0 Å². The molecule has 166 valence electrons. The quantitative estimate of drug-likeness (QED) is 0.581. The zero-order chi connectivity index (χ0) is 23.2. The lowest BCUT2D eigenvalue weighted by molar-refractivity contribution is -0.114. The van der Waals surface area contributed by atoms with Crippen molar-refractivity contribution in [3.05, 3.63) is 58.4 Å². The van der Waals surface area contributed by atoms with E-state index in [1.54, 1.807) is 6.08 Å². The summed E-state index contributed by atoms with van der Waals surface area (Å²) in [7, 11) is 0. The van der Waals surface area contributed by atoms with Crippen LogP contribution < -0.4 is 0 Å². The van der Waals surface area contributed by atoms with Gasteiger partial charge in [0.15, 0.2) is 5.84 Å². The van der Waals surface area contributed by atoms with Crippen LogP contribution in [0.25, 0.3) is 11.8 Å². The molecule has 1 amide bonds. The first-order valence-electron chi connectivity index (χ1n) is 10.9. The number of hydrazone groups is 1. The summed E-state index contributed by atoms with van der Waals surface area (Å²) < 4.78 is 2.17. The van der Waals surface area contributed by atoms with Crippen LogP contribution in [0.3, 0.4) is 0 Å². The van der Waals surface area contributed by atoms with Crippen LogP contribution >= 0.6 is 11.8 Å². The highest BCUT2D eigenvalue weighted by atomic mass is 32.2. The summed E-state index contributed by atoms with van der Waals surface area (Å²) in [6.07, 6.45) is 2.57. The first-order valence-corrected chi connectivity index (χ1v) is 11.8. The van der Waals surface area contributed by atoms with Gasteiger partial charge in [0.25, 0.3) is 5.91 Å². The maximum absolute atomic E-state index is 12.8. The Morgan fingerprint density at radius 1 is 1.12 bits per heavy atom. The van der Waals surface area contributed by atoms with E-state index in [0.29, 0.717) is 17.0 Å². The molecular weight excluding hydrogens is 418 g/mol. The number of aliphatic imine (C=N–C) groups is 1. The molecule has 0 atom stereocenters. The number of benzene rings is 1. The van der Waals surface area contributed by atoms with E-state index in [1.165, 1.54) is 22.3 Å². The molecule has 3 heterocycles. The minimum atomic E-state index is -0.388. The summed E-state index contributed by atoms with van der Waals surface area (Å²) in [6.45, 7) is 12.7. The molecule has 0 unspecified atom stereocenters. The van der Waals surface area contributed by atoms with E-state index >= 15 is 0 Å². The van der Waals surface area contributed by atoms with Crippen LogP contribution in [0.5, 0.6) is 0 Å². The number of fused-ring (bicyclic) bond motifs is 1. The number of hydrogen-bond acceptors (Lipinski definition) is 4. The van der Waals surface area contributed by atoms with Gasteiger partial charge in [-0.05, 0) is 72.8 Å². The van der Waals surface area contributed by atoms with Gasteiger partial charge in [0, 0.05) is 23.5 Å². The molecule has 0 saturated carbocycles. The van der Waals surface area contributed by atoms with Gasteiger partial charge in [0.1, 0.15) is 5.04 Å². The Kier molecular flexibility index (Phi) is 5.95. The van der Waals surface area contributed by atoms with Gasteiger partial charge < -0.3 is 4.57 Å². The molecule has 0 aliphatic carbocycles. The second kappa shape index (κ2) is 8.54. The maximum Gasteiger partial charge on any atom is 0.283 e. The van der Waals surface area contributed by atoms with Crippen LogP contribution in [0.4, 0.5) is 0 Å². The normalized spacial score (nSPS) is 17.5. The van der Waals surface area contributed by atoms with Gasteiger partial charge in [0.2, 0.25) is 5.17 Å². The van der Waals surface area contributed by atoms with Crippen molar-refractivity contribution in [2.45, 2.75) is 53.9 Å². The number of hydrogen-bond donors (Lipinski definition) is 1. The van der Waals surface area contributed by atoms with Crippen molar-refractivity contribution in [2.24, 2.45) is 16.0 Å². The lowest BCUT2D eigenvalue weighted by atomic mass is 10.0. The average Bonchev–Trinajstić information content (AvgIpc) is 3.24. The van der Waals surface area contributed by atoms with Crippen LogP contribution in [0.1, 0.15) is 62.5 Å². The minimum Gasteiger partial charge on any atom is -0.318 e. The number of aromatic nitrogens is 1. The fraction of sp³-hybridized carbons (Fsp3) is 0.360. The van der Waals surface area contributed by atoms with E-state index in [9.17, 15) is 4.79 Å². The van der Waals surface area contributed by atoms with Gasteiger partial charge in [-0.15, -0.1) is 0 Å². The highest BCUT2D eigenvalue weighted by Crippen LogP contribution is 2.31. The number of amidine groups is 2. The molecule has 0 bridgehead atoms. The Morgan fingerprint density at radius 2 is 1.81 bits per heavy atom. The summed E-state index contributed by atoms with van der Waals surface area (Å²) in [6, 6.07) is 10.6. The third-order valence-corrected chi connectivity index (χ3v) is 6.60. The Hall–Kier alpha value is -2.93. The second-order valence-electron chi connectivity index (χ2n) is 9.02. The largest absolute Gasteiger partial charge is 0.318 e. The predicted octanol–water partition coefficient (Wildman–Crippen LogP) is 5.88. The van der Waals surface area contributed by atoms with Crippen molar-refractivity contribution in [3.63, 3.8) is 0 Å². The predicted molar refractivity (Wildman–Crippen MR) is 134 cm³/mol. The van der Waals surface area contributed by atoms with Gasteiger partial charge in [-0.1, -0.05) is 39.8 Å². The number of nitrogens with one attached hydrogen (secondary N) is 1. The van der Waals surface area contributed by atoms with Crippen molar-refractivity contribution in [1.29, 1.82) is 5.41 Å². The fourth-order valence-electron chi connectivity index (χ4n) is 3.96. The molecule has 7 heteroatoms. The Bertz CT molecular complexity index is 1180. The van der Waals surface area contributed by atoms with E-state index in [-0.39, 0.29) is 17.3 Å². The first-order chi connectivity index (χ1) is 15.2. The Labute approximate surface area is 193 Å². The van der Waals surface area contributed by atoms with Crippen molar-refractivity contribution in [3.8, 4) is 5.69 Å². The number of amides is 1. The summed E-state index contributed by atoms with van der Waals surface area (Å²) in [4.78, 5) is 17.0. The van der Waals surface area contributed by atoms with E-state index in [1.807, 2.05) is 13.0 Å². The van der Waals surface area contributed by atoms with Crippen LogP contribution in [0.15, 0.2) is 46.0 Å². The van der Waals surface area contributed by atoms with Gasteiger partial charge in [-0.3, -0.25) is 10.2 Å². The Morgan fingerprint density at radius 3 is 2.44 bits per heavy atom. The molecule has 0 radical (unpaired) electrons. The van der Waals surface area contributed by atoms with Crippen LogP contribution in [0, 0.1) is 25.2 Å². The standard InChI is InChI=1S/C25H29N5OS/c1-14(2)11-22-28-30-23(26)21(24(31)27-25(30)32-22)13-19-12-16(5)29(17(19)6)20-9-7-18(8-10-20)15(3)4/h7-10,12-15,26H,11H2,1-6H3/b21-13+,26-23?. The van der Waals surface area contributed by atoms with Crippen molar-refractivity contribution < 1.29 is 4.79 Å². The zero-order valence-electron chi connectivity index (χ0n) is 19.4. The molecule has 0 saturated heterocycles. The molecule has 1 aromatic carbocycles. The molecule has 2 aromatic rings. The molecule has 0 spiro atoms. The summed E-state index contributed by atoms with van der Waals surface area (Å²) in [5.74, 6) is 0.624. The topological polar surface area (TPSA) is 73.8 Å². The van der Waals surface area contributed by atoms with Crippen LogP contribution in [-0.2, 0) is 4.79 Å². The number of nitrogens with zero attached hydrogens (tertiary/aromatic N) is 4. The zero-order valence-corrected chi connectivity index (χ0v) is 20.2. The first kappa shape index (κ1) is 22.3. The molecule has 2 aliphatic heterocycles. The number of thioether (sulfide) groups is 1. The highest BCUT2D eigenvalue weighted by molar-refractivity contribution is 8.26. The maximum atomic E-state index is 12.8. The number of rotatable bonds is 5. The summed E-state index contributed by atoms with van der Waals surface area (Å²) >= 11 is 1.38. The van der Waals surface area contributed by atoms with E-state index in [2.05, 4.69) is 73.5 Å². The third-order valence-electron chi connectivity index (χ3n) is 5.67. The molecule has 4 rings (SSSR count). The van der Waals surface area contributed by atoms with Crippen molar-refractivity contribution in [1.82, 2.24) is 9.58 Å². The Balaban J connectivity index is 1.68. The van der Waals surface area contributed by atoms with E-state index in [4.69, 9.17) is 5.41 Å². The summed E-state index contributed by atoms with van der Waals surface area (Å²) in [5, 5.41) is 16.0. The van der Waals surface area contributed by atoms with Crippen LogP contribution in [-0.4, -0.2) is 31.5 Å². The molecule has 2 aliphatic rings. The van der Waals surface area contributed by atoms with Gasteiger partial charge in [-0.2, -0.15) is 15.1 Å². The molecule has 1 N–H and O–H groups in total. The molecule has 32 heavy (non-hydrogen) atoms. The fourth-order valence-corrected chi connectivity index (χ4v) is 5.06. The van der Waals surface area contributed by atoms with E-state index in [0.717, 1.165) is 34.1 Å². The minimum absolute atomic E-state index is 0.0809. The molecule has 0 fully saturated rings. The average molecular weight is 448 g/mol. The van der Waals surface area contributed by atoms with Gasteiger partial charge >= 0.3 is 0 Å². The second-order valence-corrected chi connectivity index (χ2v) is 10.1. The summed E-state index contributed by atoms with van der Waals surface area (Å²) in [5.41, 5.74) is 5.63. The molecular formula is C25H29N5OS. The number of aryl methyl sites for hydroxylation is 1. The third kappa shape index (κ3) is 4.09. The lowest BCUT2D eigenvalue weighted by Crippen LogP contribution is -2.35. The van der Waals surface area contributed by atoms with E-state index < -0.39 is 0 Å². The van der Waals surface area contributed by atoms with Gasteiger partial charge in [0.05, 0.1) is 5.57 Å². The van der Waals surface area contributed by atoms with Crippen molar-refractivity contribution >= 4 is 39.8 Å². The lowest BCUT2D eigenvalue weighted by Gasteiger charge is -2.20. The number of carbonyl (C=O) groups excluding carboxylic acids is 1. The number of carbonyl (C=O) groups is 1. The monoisotopic (exact) mass is 447 g/mol. The highest BCUT2D eigenvalue weighted by Gasteiger charge is 2.35. The molecule has 1 aromatic heterocycles. The SMILES string of the molecule is Cc1cc(/C=C2\C(=N)N3N=C(CC(C)C)SC3=NC2=O)c(C)n1-c1ccc(C(C)C)cc1. The molecule has 6 nitrogen and oxygen atoms in total. The van der Waals surface area contributed by atoms with Crippen molar-refractivity contribution in [2.75, 3.05) is 0 Å². The smallest absolute Gasteiger partial charge is 0.283 e.